The fraction of sp³-hybridized carbons (Fsp3) is 0.562. The molecule has 0 saturated carbocycles. The highest BCUT2D eigenvalue weighted by Gasteiger charge is 2.29. The van der Waals surface area contributed by atoms with Crippen LogP contribution in [0.25, 0.3) is 0 Å². The Labute approximate surface area is 125 Å². The predicted molar refractivity (Wildman–Crippen MR) is 79.0 cm³/mol. The number of aliphatic hydroxyl groups excluding tert-OH is 1. The SMILES string of the molecule is CN(CC1OCC(O)c2ccccc21)C(=O)OC(C)(C)C. The van der Waals surface area contributed by atoms with Crippen LogP contribution in [0, 0.1) is 0 Å². The van der Waals surface area contributed by atoms with Gasteiger partial charge in [-0.25, -0.2) is 4.79 Å². The molecule has 0 saturated heterocycles. The molecule has 1 aliphatic rings. The fourth-order valence-electron chi connectivity index (χ4n) is 2.31. The number of benzene rings is 1. The minimum absolute atomic E-state index is 0.240. The summed E-state index contributed by atoms with van der Waals surface area (Å²) in [4.78, 5) is 13.5. The largest absolute Gasteiger partial charge is 0.444 e. The summed E-state index contributed by atoms with van der Waals surface area (Å²) in [6, 6.07) is 7.61. The summed E-state index contributed by atoms with van der Waals surface area (Å²) in [5.74, 6) is 0. The van der Waals surface area contributed by atoms with Gasteiger partial charge in [0.15, 0.2) is 0 Å². The number of carbonyl (C=O) groups is 1. The lowest BCUT2D eigenvalue weighted by Crippen LogP contribution is -2.38. The van der Waals surface area contributed by atoms with Crippen molar-refractivity contribution in [2.45, 2.75) is 38.6 Å². The molecule has 5 nitrogen and oxygen atoms in total. The molecule has 0 radical (unpaired) electrons. The summed E-state index contributed by atoms with van der Waals surface area (Å²) in [5, 5.41) is 9.95. The number of hydrogen-bond donors (Lipinski definition) is 1. The zero-order valence-electron chi connectivity index (χ0n) is 13.0. The number of amides is 1. The van der Waals surface area contributed by atoms with Gasteiger partial charge in [0.25, 0.3) is 0 Å². The quantitative estimate of drug-likeness (QED) is 0.910. The Hall–Kier alpha value is -1.59. The van der Waals surface area contributed by atoms with Crippen LogP contribution in [0.2, 0.25) is 0 Å². The van der Waals surface area contributed by atoms with Crippen molar-refractivity contribution >= 4 is 6.09 Å². The number of hydrogen-bond acceptors (Lipinski definition) is 4. The first-order valence-corrected chi connectivity index (χ1v) is 7.10. The van der Waals surface area contributed by atoms with Gasteiger partial charge in [-0.2, -0.15) is 0 Å². The average Bonchev–Trinajstić information content (AvgIpc) is 2.40. The van der Waals surface area contributed by atoms with E-state index in [1.165, 1.54) is 4.90 Å². The van der Waals surface area contributed by atoms with Crippen LogP contribution in [-0.4, -0.2) is 41.9 Å². The molecule has 116 valence electrons. The zero-order valence-corrected chi connectivity index (χ0v) is 13.0. The summed E-state index contributed by atoms with van der Waals surface area (Å²) in [6.45, 7) is 6.13. The first-order valence-electron chi connectivity index (χ1n) is 7.10. The van der Waals surface area contributed by atoms with E-state index in [1.807, 2.05) is 45.0 Å². The molecule has 1 aromatic carbocycles. The smallest absolute Gasteiger partial charge is 0.410 e. The number of aliphatic hydroxyl groups is 1. The fourth-order valence-corrected chi connectivity index (χ4v) is 2.31. The van der Waals surface area contributed by atoms with E-state index in [0.717, 1.165) is 11.1 Å². The second kappa shape index (κ2) is 6.03. The van der Waals surface area contributed by atoms with Gasteiger partial charge in [0.05, 0.1) is 13.2 Å². The Balaban J connectivity index is 2.07. The number of fused-ring (bicyclic) bond motifs is 1. The molecule has 0 aromatic heterocycles. The average molecular weight is 293 g/mol. The van der Waals surface area contributed by atoms with Crippen LogP contribution in [0.5, 0.6) is 0 Å². The normalized spacial score (nSPS) is 21.6. The van der Waals surface area contributed by atoms with Crippen LogP contribution in [0.3, 0.4) is 0 Å². The van der Waals surface area contributed by atoms with E-state index in [9.17, 15) is 9.90 Å². The maximum absolute atomic E-state index is 12.0. The van der Waals surface area contributed by atoms with E-state index < -0.39 is 11.7 Å². The molecule has 5 heteroatoms. The molecule has 0 spiro atoms. The van der Waals surface area contributed by atoms with Crippen molar-refractivity contribution in [1.82, 2.24) is 4.90 Å². The second-order valence-corrected chi connectivity index (χ2v) is 6.33. The molecular formula is C16H23NO4. The van der Waals surface area contributed by atoms with Gasteiger partial charge in [0.2, 0.25) is 0 Å². The van der Waals surface area contributed by atoms with Crippen LogP contribution >= 0.6 is 0 Å². The minimum Gasteiger partial charge on any atom is -0.444 e. The van der Waals surface area contributed by atoms with Gasteiger partial charge in [0.1, 0.15) is 17.8 Å². The Morgan fingerprint density at radius 1 is 1.38 bits per heavy atom. The summed E-state index contributed by atoms with van der Waals surface area (Å²) in [6.07, 6.45) is -1.24. The lowest BCUT2D eigenvalue weighted by Gasteiger charge is -2.32. The molecule has 1 aromatic rings. The van der Waals surface area contributed by atoms with Crippen LogP contribution in [0.15, 0.2) is 24.3 Å². The van der Waals surface area contributed by atoms with Crippen molar-refractivity contribution in [3.8, 4) is 0 Å². The van der Waals surface area contributed by atoms with E-state index in [0.29, 0.717) is 6.54 Å². The van der Waals surface area contributed by atoms with Crippen molar-refractivity contribution in [3.63, 3.8) is 0 Å². The number of ether oxygens (including phenoxy) is 2. The van der Waals surface area contributed by atoms with E-state index in [-0.39, 0.29) is 18.8 Å². The molecule has 21 heavy (non-hydrogen) atoms. The number of carbonyl (C=O) groups excluding carboxylic acids is 1. The maximum atomic E-state index is 12.0. The molecule has 1 amide bonds. The minimum atomic E-state index is -0.607. The third-order valence-corrected chi connectivity index (χ3v) is 3.30. The summed E-state index contributed by atoms with van der Waals surface area (Å²) in [7, 11) is 1.69. The third-order valence-electron chi connectivity index (χ3n) is 3.30. The standard InChI is InChI=1S/C16H23NO4/c1-16(2,3)21-15(19)17(4)9-14-12-8-6-5-7-11(12)13(18)10-20-14/h5-8,13-14,18H,9-10H2,1-4H3. The molecule has 2 rings (SSSR count). The van der Waals surface area contributed by atoms with Gasteiger partial charge in [-0.3, -0.25) is 0 Å². The van der Waals surface area contributed by atoms with Gasteiger partial charge in [-0.1, -0.05) is 24.3 Å². The van der Waals surface area contributed by atoms with Crippen LogP contribution in [0.1, 0.15) is 44.1 Å². The highest BCUT2D eigenvalue weighted by molar-refractivity contribution is 5.67. The Morgan fingerprint density at radius 2 is 2.00 bits per heavy atom. The lowest BCUT2D eigenvalue weighted by atomic mass is 9.95. The highest BCUT2D eigenvalue weighted by atomic mass is 16.6. The lowest BCUT2D eigenvalue weighted by molar-refractivity contribution is -0.0441. The van der Waals surface area contributed by atoms with Crippen LogP contribution in [-0.2, 0) is 9.47 Å². The van der Waals surface area contributed by atoms with Crippen molar-refractivity contribution in [1.29, 1.82) is 0 Å². The zero-order chi connectivity index (χ0) is 15.6. The summed E-state index contributed by atoms with van der Waals surface area (Å²) in [5.41, 5.74) is 1.27. The van der Waals surface area contributed by atoms with Gasteiger partial charge < -0.3 is 19.5 Å². The molecule has 2 unspecified atom stereocenters. The molecular weight excluding hydrogens is 270 g/mol. The monoisotopic (exact) mass is 293 g/mol. The summed E-state index contributed by atoms with van der Waals surface area (Å²) >= 11 is 0. The predicted octanol–water partition coefficient (Wildman–Crippen LogP) is 2.66. The van der Waals surface area contributed by atoms with Gasteiger partial charge in [-0.05, 0) is 31.9 Å². The van der Waals surface area contributed by atoms with Crippen LogP contribution < -0.4 is 0 Å². The van der Waals surface area contributed by atoms with E-state index in [2.05, 4.69) is 0 Å². The van der Waals surface area contributed by atoms with Crippen molar-refractivity contribution < 1.29 is 19.4 Å². The number of likely N-dealkylation sites (N-methyl/N-ethyl adjacent to an activating group) is 1. The number of nitrogens with zero attached hydrogens (tertiary/aromatic N) is 1. The molecule has 0 fully saturated rings. The van der Waals surface area contributed by atoms with Crippen molar-refractivity contribution in [2.75, 3.05) is 20.2 Å². The van der Waals surface area contributed by atoms with Crippen molar-refractivity contribution in [3.05, 3.63) is 35.4 Å². The first kappa shape index (κ1) is 15.8. The second-order valence-electron chi connectivity index (χ2n) is 6.33. The number of rotatable bonds is 2. The molecule has 1 heterocycles. The molecule has 0 bridgehead atoms. The Morgan fingerprint density at radius 3 is 2.62 bits per heavy atom. The van der Waals surface area contributed by atoms with E-state index in [1.54, 1.807) is 7.05 Å². The Kier molecular flexibility index (Phi) is 4.54. The van der Waals surface area contributed by atoms with E-state index >= 15 is 0 Å². The Bertz CT molecular complexity index is 509. The van der Waals surface area contributed by atoms with E-state index in [4.69, 9.17) is 9.47 Å². The molecule has 2 atom stereocenters. The molecule has 1 N–H and O–H groups in total. The molecule has 0 aliphatic carbocycles. The van der Waals surface area contributed by atoms with Gasteiger partial charge in [0, 0.05) is 7.05 Å². The molecule has 1 aliphatic heterocycles. The highest BCUT2D eigenvalue weighted by Crippen LogP contribution is 2.32. The maximum Gasteiger partial charge on any atom is 0.410 e. The van der Waals surface area contributed by atoms with Gasteiger partial charge >= 0.3 is 6.09 Å². The van der Waals surface area contributed by atoms with Gasteiger partial charge in [-0.15, -0.1) is 0 Å². The third kappa shape index (κ3) is 3.95. The summed E-state index contributed by atoms with van der Waals surface area (Å²) < 4.78 is 11.0. The van der Waals surface area contributed by atoms with Crippen LogP contribution in [0.4, 0.5) is 4.79 Å². The first-order chi connectivity index (χ1) is 9.78. The van der Waals surface area contributed by atoms with Crippen molar-refractivity contribution in [2.24, 2.45) is 0 Å². The topological polar surface area (TPSA) is 59.0 Å².